The molecule has 0 aliphatic carbocycles. The average molecular weight is 475 g/mol. The van der Waals surface area contributed by atoms with Gasteiger partial charge in [-0.15, -0.1) is 0 Å². The lowest BCUT2D eigenvalue weighted by molar-refractivity contribution is -0.119. The van der Waals surface area contributed by atoms with E-state index in [1.165, 1.54) is 48.5 Å². The largest absolute Gasteiger partial charge is 0.483 e. The maximum Gasteiger partial charge on any atom is 0.342 e. The van der Waals surface area contributed by atoms with Gasteiger partial charge in [0.25, 0.3) is 11.8 Å². The van der Waals surface area contributed by atoms with Crippen molar-refractivity contribution in [3.8, 4) is 5.75 Å². The van der Waals surface area contributed by atoms with Gasteiger partial charge < -0.3 is 20.1 Å². The van der Waals surface area contributed by atoms with Crippen LogP contribution in [0.25, 0.3) is 0 Å². The van der Waals surface area contributed by atoms with Crippen molar-refractivity contribution in [2.24, 2.45) is 0 Å². The summed E-state index contributed by atoms with van der Waals surface area (Å²) < 4.78 is 37.7. The van der Waals surface area contributed by atoms with Crippen molar-refractivity contribution in [1.29, 1.82) is 0 Å². The highest BCUT2D eigenvalue weighted by atomic mass is 35.5. The van der Waals surface area contributed by atoms with Gasteiger partial charge in [0.1, 0.15) is 22.9 Å². The fourth-order valence-electron chi connectivity index (χ4n) is 2.64. The number of rotatable bonds is 8. The Kier molecular flexibility index (Phi) is 7.93. The van der Waals surface area contributed by atoms with Crippen LogP contribution in [-0.2, 0) is 14.3 Å². The summed E-state index contributed by atoms with van der Waals surface area (Å²) in [7, 11) is 0. The van der Waals surface area contributed by atoms with Gasteiger partial charge in [0.15, 0.2) is 13.2 Å². The molecule has 0 saturated carbocycles. The highest BCUT2D eigenvalue weighted by Crippen LogP contribution is 2.21. The highest BCUT2D eigenvalue weighted by molar-refractivity contribution is 6.30. The second-order valence-electron chi connectivity index (χ2n) is 6.56. The van der Waals surface area contributed by atoms with Gasteiger partial charge in [-0.1, -0.05) is 35.9 Å². The van der Waals surface area contributed by atoms with Crippen LogP contribution in [0.1, 0.15) is 10.4 Å². The van der Waals surface area contributed by atoms with Crippen molar-refractivity contribution in [3.05, 3.63) is 89.0 Å². The third-order valence-corrected chi connectivity index (χ3v) is 4.39. The number of para-hydroxylation sites is 2. The van der Waals surface area contributed by atoms with Gasteiger partial charge in [0.05, 0.1) is 11.4 Å². The molecule has 0 aliphatic rings. The lowest BCUT2D eigenvalue weighted by Crippen LogP contribution is -2.23. The monoisotopic (exact) mass is 474 g/mol. The van der Waals surface area contributed by atoms with Gasteiger partial charge >= 0.3 is 5.97 Å². The number of hydrogen-bond donors (Lipinski definition) is 2. The Morgan fingerprint density at radius 1 is 0.788 bits per heavy atom. The molecule has 0 saturated heterocycles. The van der Waals surface area contributed by atoms with Crippen molar-refractivity contribution >= 4 is 40.8 Å². The fourth-order valence-corrected chi connectivity index (χ4v) is 2.81. The molecule has 3 aromatic carbocycles. The van der Waals surface area contributed by atoms with Crippen LogP contribution in [0.5, 0.6) is 5.75 Å². The van der Waals surface area contributed by atoms with E-state index < -0.39 is 42.6 Å². The Morgan fingerprint density at radius 2 is 1.42 bits per heavy atom. The maximum absolute atomic E-state index is 13.7. The Hall–Kier alpha value is -3.98. The SMILES string of the molecule is O=C(COC(=O)c1ccccc1OCC(=O)Nc1ccccc1F)Nc1cc(Cl)ccc1F. The van der Waals surface area contributed by atoms with Crippen LogP contribution in [0.4, 0.5) is 20.2 Å². The van der Waals surface area contributed by atoms with Gasteiger partial charge in [-0.25, -0.2) is 13.6 Å². The zero-order chi connectivity index (χ0) is 23.8. The summed E-state index contributed by atoms with van der Waals surface area (Å²) in [5.74, 6) is -3.62. The van der Waals surface area contributed by atoms with Crippen LogP contribution in [0.2, 0.25) is 5.02 Å². The van der Waals surface area contributed by atoms with Gasteiger partial charge in [-0.3, -0.25) is 9.59 Å². The van der Waals surface area contributed by atoms with Crippen molar-refractivity contribution in [3.63, 3.8) is 0 Å². The quantitative estimate of drug-likeness (QED) is 0.471. The molecule has 33 heavy (non-hydrogen) atoms. The zero-order valence-corrected chi connectivity index (χ0v) is 17.7. The number of carbonyl (C=O) groups is 3. The summed E-state index contributed by atoms with van der Waals surface area (Å²) in [5, 5.41) is 4.82. The Morgan fingerprint density at radius 3 is 2.21 bits per heavy atom. The normalized spacial score (nSPS) is 10.3. The van der Waals surface area contributed by atoms with Gasteiger partial charge in [0, 0.05) is 5.02 Å². The predicted molar refractivity (Wildman–Crippen MR) is 117 cm³/mol. The van der Waals surface area contributed by atoms with Gasteiger partial charge in [-0.2, -0.15) is 0 Å². The second-order valence-corrected chi connectivity index (χ2v) is 7.00. The van der Waals surface area contributed by atoms with E-state index in [4.69, 9.17) is 21.1 Å². The molecule has 0 heterocycles. The molecule has 3 rings (SSSR count). The van der Waals surface area contributed by atoms with E-state index in [9.17, 15) is 23.2 Å². The van der Waals surface area contributed by atoms with E-state index in [0.29, 0.717) is 0 Å². The van der Waals surface area contributed by atoms with Crippen LogP contribution in [0.3, 0.4) is 0 Å². The molecule has 10 heteroatoms. The Labute approximate surface area is 192 Å². The molecular weight excluding hydrogens is 458 g/mol. The summed E-state index contributed by atoms with van der Waals surface area (Å²) in [5.41, 5.74) is -0.216. The van der Waals surface area contributed by atoms with Crippen LogP contribution < -0.4 is 15.4 Å². The van der Waals surface area contributed by atoms with Crippen LogP contribution in [0, 0.1) is 11.6 Å². The van der Waals surface area contributed by atoms with Crippen LogP contribution in [-0.4, -0.2) is 31.0 Å². The molecule has 0 fully saturated rings. The second kappa shape index (κ2) is 11.1. The first kappa shape index (κ1) is 23.7. The molecule has 0 unspecified atom stereocenters. The number of nitrogens with one attached hydrogen (secondary N) is 2. The number of anilines is 2. The summed E-state index contributed by atoms with van der Waals surface area (Å²) in [6.45, 7) is -1.21. The Bertz CT molecular complexity index is 1190. The number of halogens is 3. The molecule has 7 nitrogen and oxygen atoms in total. The Balaban J connectivity index is 1.56. The minimum atomic E-state index is -0.901. The minimum absolute atomic E-state index is 0.0130. The number of benzene rings is 3. The molecule has 2 N–H and O–H groups in total. The lowest BCUT2D eigenvalue weighted by atomic mass is 10.2. The summed E-state index contributed by atoms with van der Waals surface area (Å²) in [6.07, 6.45) is 0. The number of amides is 2. The topological polar surface area (TPSA) is 93.7 Å². The first-order valence-corrected chi connectivity index (χ1v) is 9.89. The molecular formula is C23H17ClF2N2O5. The zero-order valence-electron chi connectivity index (χ0n) is 16.9. The van der Waals surface area contributed by atoms with E-state index >= 15 is 0 Å². The first-order chi connectivity index (χ1) is 15.8. The maximum atomic E-state index is 13.7. The molecule has 170 valence electrons. The molecule has 0 atom stereocenters. The number of carbonyl (C=O) groups excluding carboxylic acids is 3. The molecule has 0 aromatic heterocycles. The van der Waals surface area contributed by atoms with Crippen LogP contribution in [0.15, 0.2) is 66.7 Å². The molecule has 0 bridgehead atoms. The highest BCUT2D eigenvalue weighted by Gasteiger charge is 2.17. The predicted octanol–water partition coefficient (Wildman–Crippen LogP) is 4.43. The van der Waals surface area contributed by atoms with E-state index in [-0.39, 0.29) is 27.7 Å². The van der Waals surface area contributed by atoms with Crippen molar-refractivity contribution < 1.29 is 32.6 Å². The number of ether oxygens (including phenoxy) is 2. The smallest absolute Gasteiger partial charge is 0.342 e. The standard InChI is InChI=1S/C23H17ClF2N2O5/c24-14-9-10-17(26)19(11-14)28-22(30)13-33-23(31)15-5-1-4-8-20(15)32-12-21(29)27-18-7-3-2-6-16(18)25/h1-11H,12-13H2,(H,27,29)(H,28,30). The van der Waals surface area contributed by atoms with Crippen molar-refractivity contribution in [1.82, 2.24) is 0 Å². The first-order valence-electron chi connectivity index (χ1n) is 9.51. The summed E-state index contributed by atoms with van der Waals surface area (Å²) in [4.78, 5) is 36.4. The summed E-state index contributed by atoms with van der Waals surface area (Å²) >= 11 is 5.77. The van der Waals surface area contributed by atoms with E-state index in [1.807, 2.05) is 0 Å². The fraction of sp³-hybridized carbons (Fsp3) is 0.0870. The lowest BCUT2D eigenvalue weighted by Gasteiger charge is -2.12. The number of esters is 1. The van der Waals surface area contributed by atoms with Gasteiger partial charge in [-0.05, 0) is 42.5 Å². The number of hydrogen-bond acceptors (Lipinski definition) is 5. The molecule has 0 aliphatic heterocycles. The van der Waals surface area contributed by atoms with E-state index in [1.54, 1.807) is 12.1 Å². The average Bonchev–Trinajstić information content (AvgIpc) is 2.80. The van der Waals surface area contributed by atoms with E-state index in [2.05, 4.69) is 10.6 Å². The van der Waals surface area contributed by atoms with Gasteiger partial charge in [0.2, 0.25) is 0 Å². The minimum Gasteiger partial charge on any atom is -0.483 e. The molecule has 0 radical (unpaired) electrons. The summed E-state index contributed by atoms with van der Waals surface area (Å²) in [6, 6.07) is 15.1. The molecule has 3 aromatic rings. The van der Waals surface area contributed by atoms with Crippen molar-refractivity contribution in [2.45, 2.75) is 0 Å². The third kappa shape index (κ3) is 6.75. The van der Waals surface area contributed by atoms with Crippen LogP contribution >= 0.6 is 11.6 Å². The van der Waals surface area contributed by atoms with Crippen molar-refractivity contribution in [2.75, 3.05) is 23.8 Å². The third-order valence-electron chi connectivity index (χ3n) is 4.15. The molecule has 0 spiro atoms. The van der Waals surface area contributed by atoms with E-state index in [0.717, 1.165) is 6.07 Å². The molecule has 2 amide bonds.